The minimum Gasteiger partial charge on any atom is -0.493 e. The van der Waals surface area contributed by atoms with Crippen LogP contribution in [0, 0.1) is 0 Å². The molecule has 1 saturated heterocycles. The predicted molar refractivity (Wildman–Crippen MR) is 103 cm³/mol. The molecule has 1 aromatic rings. The fraction of sp³-hybridized carbons (Fsp3) is 0.556. The Hall–Kier alpha value is -2.49. The SMILES string of the molecule is CCN(CC(=O)N[C@H]1CCS(=O)(=O)C1)C(=O)c1cc(OC)c(OC)c(OC)c1. The van der Waals surface area contributed by atoms with E-state index in [0.29, 0.717) is 30.2 Å². The van der Waals surface area contributed by atoms with Gasteiger partial charge in [-0.25, -0.2) is 8.42 Å². The standard InChI is InChI=1S/C18H26N2O7S/c1-5-20(10-16(21)19-13-6-7-28(23,24)11-13)18(22)12-8-14(25-2)17(27-4)15(9-12)26-3/h8-9,13H,5-7,10-11H2,1-4H3,(H,19,21)/t13-/m0/s1. The van der Waals surface area contributed by atoms with Crippen LogP contribution in [-0.4, -0.2) is 77.1 Å². The molecule has 1 heterocycles. The smallest absolute Gasteiger partial charge is 0.254 e. The molecular weight excluding hydrogens is 388 g/mol. The van der Waals surface area contributed by atoms with Gasteiger partial charge in [0.05, 0.1) is 39.4 Å². The first-order chi connectivity index (χ1) is 13.2. The van der Waals surface area contributed by atoms with Gasteiger partial charge in [-0.05, 0) is 25.5 Å². The third-order valence-electron chi connectivity index (χ3n) is 4.51. The van der Waals surface area contributed by atoms with E-state index in [1.165, 1.54) is 38.4 Å². The molecule has 2 amide bonds. The normalized spacial score (nSPS) is 17.6. The summed E-state index contributed by atoms with van der Waals surface area (Å²) >= 11 is 0. The third kappa shape index (κ3) is 5.06. The summed E-state index contributed by atoms with van der Waals surface area (Å²) < 4.78 is 38.8. The Morgan fingerprint density at radius 3 is 2.18 bits per heavy atom. The Labute approximate surface area is 164 Å². The van der Waals surface area contributed by atoms with E-state index >= 15 is 0 Å². The average molecular weight is 414 g/mol. The zero-order chi connectivity index (χ0) is 20.9. The van der Waals surface area contributed by atoms with Gasteiger partial charge < -0.3 is 24.4 Å². The Morgan fingerprint density at radius 1 is 1.14 bits per heavy atom. The van der Waals surface area contributed by atoms with Crippen LogP contribution in [0.1, 0.15) is 23.7 Å². The van der Waals surface area contributed by atoms with Crippen molar-refractivity contribution in [3.05, 3.63) is 17.7 Å². The van der Waals surface area contributed by atoms with Crippen molar-refractivity contribution in [2.75, 3.05) is 45.9 Å². The second kappa shape index (κ2) is 9.13. The summed E-state index contributed by atoms with van der Waals surface area (Å²) in [5.41, 5.74) is 0.285. The molecular formula is C18H26N2O7S. The number of methoxy groups -OCH3 is 3. The van der Waals surface area contributed by atoms with Gasteiger partial charge in [-0.3, -0.25) is 9.59 Å². The number of nitrogens with one attached hydrogen (secondary N) is 1. The van der Waals surface area contributed by atoms with Gasteiger partial charge in [-0.2, -0.15) is 0 Å². The third-order valence-corrected chi connectivity index (χ3v) is 6.28. The first-order valence-corrected chi connectivity index (χ1v) is 10.7. The summed E-state index contributed by atoms with van der Waals surface area (Å²) in [4.78, 5) is 26.5. The Bertz CT molecular complexity index is 813. The Morgan fingerprint density at radius 2 is 1.75 bits per heavy atom. The van der Waals surface area contributed by atoms with E-state index in [2.05, 4.69) is 5.32 Å². The minimum absolute atomic E-state index is 0.0638. The maximum Gasteiger partial charge on any atom is 0.254 e. The van der Waals surface area contributed by atoms with Gasteiger partial charge in [-0.1, -0.05) is 0 Å². The van der Waals surface area contributed by atoms with Crippen LogP contribution in [0.4, 0.5) is 0 Å². The van der Waals surface area contributed by atoms with Gasteiger partial charge in [-0.15, -0.1) is 0 Å². The maximum atomic E-state index is 12.9. The number of amides is 2. The van der Waals surface area contributed by atoms with Gasteiger partial charge in [0, 0.05) is 18.2 Å². The number of rotatable bonds is 8. The molecule has 0 spiro atoms. The molecule has 10 heteroatoms. The molecule has 1 atom stereocenters. The predicted octanol–water partition coefficient (Wildman–Crippen LogP) is 0.478. The molecule has 1 aromatic carbocycles. The molecule has 0 aliphatic carbocycles. The van der Waals surface area contributed by atoms with Crippen LogP contribution in [0.5, 0.6) is 17.2 Å². The molecule has 0 bridgehead atoms. The van der Waals surface area contributed by atoms with Crippen LogP contribution in [0.3, 0.4) is 0 Å². The molecule has 1 aliphatic heterocycles. The van der Waals surface area contributed by atoms with Crippen molar-refractivity contribution in [3.63, 3.8) is 0 Å². The van der Waals surface area contributed by atoms with Crippen molar-refractivity contribution in [1.82, 2.24) is 10.2 Å². The Balaban J connectivity index is 2.13. The maximum absolute atomic E-state index is 12.9. The van der Waals surface area contributed by atoms with Crippen molar-refractivity contribution >= 4 is 21.7 Å². The monoisotopic (exact) mass is 414 g/mol. The zero-order valence-corrected chi connectivity index (χ0v) is 17.3. The van der Waals surface area contributed by atoms with E-state index < -0.39 is 21.8 Å². The second-order valence-corrected chi connectivity index (χ2v) is 8.63. The lowest BCUT2D eigenvalue weighted by molar-refractivity contribution is -0.122. The summed E-state index contributed by atoms with van der Waals surface area (Å²) in [7, 11) is 1.28. The van der Waals surface area contributed by atoms with Crippen LogP contribution in [0.25, 0.3) is 0 Å². The summed E-state index contributed by atoms with van der Waals surface area (Å²) in [6.45, 7) is 1.87. The minimum atomic E-state index is -3.09. The van der Waals surface area contributed by atoms with Crippen LogP contribution in [0.15, 0.2) is 12.1 Å². The molecule has 1 aliphatic rings. The van der Waals surface area contributed by atoms with Crippen molar-refractivity contribution in [2.24, 2.45) is 0 Å². The number of carbonyl (C=O) groups excluding carboxylic acids is 2. The van der Waals surface area contributed by atoms with E-state index in [-0.39, 0.29) is 29.5 Å². The number of benzene rings is 1. The lowest BCUT2D eigenvalue weighted by atomic mass is 10.1. The topological polar surface area (TPSA) is 111 Å². The molecule has 9 nitrogen and oxygen atoms in total. The fourth-order valence-corrected chi connectivity index (χ4v) is 4.74. The first-order valence-electron chi connectivity index (χ1n) is 8.83. The highest BCUT2D eigenvalue weighted by Gasteiger charge is 2.30. The largest absolute Gasteiger partial charge is 0.493 e. The van der Waals surface area contributed by atoms with E-state index in [1.807, 2.05) is 0 Å². The number of likely N-dealkylation sites (N-methyl/N-ethyl adjacent to an activating group) is 1. The van der Waals surface area contributed by atoms with Gasteiger partial charge in [0.2, 0.25) is 11.7 Å². The summed E-state index contributed by atoms with van der Waals surface area (Å²) in [5.74, 6) is 0.264. The molecule has 156 valence electrons. The Kier molecular flexibility index (Phi) is 7.11. The van der Waals surface area contributed by atoms with Crippen LogP contribution < -0.4 is 19.5 Å². The van der Waals surface area contributed by atoms with Crippen LogP contribution in [0.2, 0.25) is 0 Å². The first kappa shape index (κ1) is 21.8. The van der Waals surface area contributed by atoms with Crippen LogP contribution in [-0.2, 0) is 14.6 Å². The van der Waals surface area contributed by atoms with Crippen molar-refractivity contribution in [3.8, 4) is 17.2 Å². The van der Waals surface area contributed by atoms with E-state index in [4.69, 9.17) is 14.2 Å². The molecule has 1 fully saturated rings. The highest BCUT2D eigenvalue weighted by Crippen LogP contribution is 2.38. The molecule has 1 N–H and O–H groups in total. The van der Waals surface area contributed by atoms with Crippen molar-refractivity contribution in [2.45, 2.75) is 19.4 Å². The highest BCUT2D eigenvalue weighted by atomic mass is 32.2. The van der Waals surface area contributed by atoms with Gasteiger partial charge in [0.25, 0.3) is 5.91 Å². The lowest BCUT2D eigenvalue weighted by Crippen LogP contribution is -2.44. The van der Waals surface area contributed by atoms with Crippen molar-refractivity contribution < 1.29 is 32.2 Å². The van der Waals surface area contributed by atoms with E-state index in [9.17, 15) is 18.0 Å². The van der Waals surface area contributed by atoms with Gasteiger partial charge >= 0.3 is 0 Å². The average Bonchev–Trinajstić information content (AvgIpc) is 3.02. The molecule has 0 radical (unpaired) electrons. The highest BCUT2D eigenvalue weighted by molar-refractivity contribution is 7.91. The number of sulfone groups is 1. The number of hydrogen-bond donors (Lipinski definition) is 1. The van der Waals surface area contributed by atoms with Gasteiger partial charge in [0.1, 0.15) is 0 Å². The van der Waals surface area contributed by atoms with E-state index in [1.54, 1.807) is 6.92 Å². The lowest BCUT2D eigenvalue weighted by Gasteiger charge is -2.22. The molecule has 2 rings (SSSR count). The number of ether oxygens (including phenoxy) is 3. The summed E-state index contributed by atoms with van der Waals surface area (Å²) in [6.07, 6.45) is 0.390. The second-order valence-electron chi connectivity index (χ2n) is 6.40. The summed E-state index contributed by atoms with van der Waals surface area (Å²) in [6, 6.07) is 2.63. The van der Waals surface area contributed by atoms with Crippen LogP contribution >= 0.6 is 0 Å². The zero-order valence-electron chi connectivity index (χ0n) is 16.5. The molecule has 28 heavy (non-hydrogen) atoms. The fourth-order valence-electron chi connectivity index (χ4n) is 3.07. The number of nitrogens with zero attached hydrogens (tertiary/aromatic N) is 1. The van der Waals surface area contributed by atoms with Gasteiger partial charge in [0.15, 0.2) is 21.3 Å². The van der Waals surface area contributed by atoms with E-state index in [0.717, 1.165) is 0 Å². The summed E-state index contributed by atoms with van der Waals surface area (Å²) in [5, 5.41) is 2.69. The van der Waals surface area contributed by atoms with Crippen molar-refractivity contribution in [1.29, 1.82) is 0 Å². The number of hydrogen-bond acceptors (Lipinski definition) is 7. The molecule has 0 aromatic heterocycles. The molecule has 0 saturated carbocycles. The quantitative estimate of drug-likeness (QED) is 0.658. The molecule has 0 unspecified atom stereocenters. The number of carbonyl (C=O) groups is 2.